The number of aliphatic hydroxyl groups excluding tert-OH is 2. The van der Waals surface area contributed by atoms with E-state index in [1.807, 2.05) is 0 Å². The Bertz CT molecular complexity index is 2280. The van der Waals surface area contributed by atoms with Crippen LogP contribution >= 0.6 is 15.9 Å². The van der Waals surface area contributed by atoms with Crippen LogP contribution in [0.3, 0.4) is 0 Å². The van der Waals surface area contributed by atoms with Gasteiger partial charge in [0.25, 0.3) is 0 Å². The van der Waals surface area contributed by atoms with Gasteiger partial charge in [0.05, 0.1) is 10.6 Å². The van der Waals surface area contributed by atoms with Crippen molar-refractivity contribution in [1.82, 2.24) is 41.7 Å². The molecule has 0 aromatic heterocycles. The molecule has 2 unspecified atom stereocenters. The molecule has 4 rings (SSSR count). The van der Waals surface area contributed by atoms with Crippen LogP contribution in [0.5, 0.6) is 5.75 Å². The van der Waals surface area contributed by atoms with Crippen LogP contribution < -0.4 is 31.9 Å². The van der Waals surface area contributed by atoms with Crippen LogP contribution in [0.2, 0.25) is 0 Å². The van der Waals surface area contributed by atoms with Gasteiger partial charge in [-0.3, -0.25) is 38.4 Å². The SMILES string of the molecule is CCCC(=O)N[C@@H](C)C(=O)N[C@H](C(=O)N[C@@H]1C(=O)N[C@@H](CC(C)C)C(=O)NC2CC[C@@H](O)N(C2=O)[C@@H](Cc2ccccc2)C(=O)N(C)C(Cc2ccc(O)c(Br)c2)C(=O)N[C@@H](C(C)C)C(=O)O[C@@H]1C)[C@H](C)O. The van der Waals surface area contributed by atoms with E-state index in [1.54, 1.807) is 71.0 Å². The molecule has 2 aromatic carbocycles. The molecule has 21 nitrogen and oxygen atoms in total. The number of hydrogen-bond donors (Lipinski definition) is 9. The van der Waals surface area contributed by atoms with Gasteiger partial charge in [0.1, 0.15) is 66.4 Å². The van der Waals surface area contributed by atoms with Crippen LogP contribution in [0.15, 0.2) is 53.0 Å². The summed E-state index contributed by atoms with van der Waals surface area (Å²) in [5.74, 6) is -8.81. The number of nitrogens with zero attached hydrogens (tertiary/aromatic N) is 2. The molecule has 22 heteroatoms. The highest BCUT2D eigenvalue weighted by atomic mass is 79.9. The Kier molecular flexibility index (Phi) is 21.5. The summed E-state index contributed by atoms with van der Waals surface area (Å²) in [6.07, 6.45) is -4.50. The number of aliphatic hydroxyl groups is 2. The van der Waals surface area contributed by atoms with E-state index in [2.05, 4.69) is 47.8 Å². The number of likely N-dealkylation sites (N-methyl/N-ethyl adjacent to an activating group) is 1. The van der Waals surface area contributed by atoms with Crippen molar-refractivity contribution in [1.29, 1.82) is 0 Å². The van der Waals surface area contributed by atoms with E-state index < -0.39 is 126 Å². The molecule has 2 aliphatic heterocycles. The van der Waals surface area contributed by atoms with Crippen molar-refractivity contribution in [2.45, 2.75) is 167 Å². The summed E-state index contributed by atoms with van der Waals surface area (Å²) >= 11 is 3.29. The van der Waals surface area contributed by atoms with Crippen LogP contribution in [-0.4, -0.2) is 152 Å². The molecule has 2 aromatic rings. The number of carbonyl (C=O) groups is 9. The largest absolute Gasteiger partial charge is 0.507 e. The van der Waals surface area contributed by atoms with Crippen molar-refractivity contribution in [3.63, 3.8) is 0 Å². The Labute approximate surface area is 428 Å². The quantitative estimate of drug-likeness (QED) is 0.112. The van der Waals surface area contributed by atoms with E-state index >= 15 is 4.79 Å². The minimum atomic E-state index is -1.83. The number of rotatable bonds is 15. The average Bonchev–Trinajstić information content (AvgIpc) is 3.31. The zero-order valence-corrected chi connectivity index (χ0v) is 43.9. The Morgan fingerprint density at radius 3 is 2.07 bits per heavy atom. The van der Waals surface area contributed by atoms with Crippen molar-refractivity contribution in [2.24, 2.45) is 11.8 Å². The lowest BCUT2D eigenvalue weighted by Gasteiger charge is -2.43. The number of aromatic hydroxyl groups is 1. The van der Waals surface area contributed by atoms with Gasteiger partial charge in [0.15, 0.2) is 0 Å². The number of cyclic esters (lactones) is 1. The summed E-state index contributed by atoms with van der Waals surface area (Å²) < 4.78 is 6.15. The monoisotopic (exact) mass is 1070 g/mol. The summed E-state index contributed by atoms with van der Waals surface area (Å²) in [5.41, 5.74) is 1.07. The molecule has 396 valence electrons. The van der Waals surface area contributed by atoms with Crippen LogP contribution in [0.1, 0.15) is 98.6 Å². The minimum Gasteiger partial charge on any atom is -0.507 e. The summed E-state index contributed by atoms with van der Waals surface area (Å²) in [4.78, 5) is 129. The summed E-state index contributed by atoms with van der Waals surface area (Å²) in [5, 5.41) is 48.0. The predicted octanol–water partition coefficient (Wildman–Crippen LogP) is 0.833. The third kappa shape index (κ3) is 15.7. The number of benzene rings is 2. The van der Waals surface area contributed by atoms with Gasteiger partial charge in [0, 0.05) is 26.3 Å². The van der Waals surface area contributed by atoms with Gasteiger partial charge in [-0.1, -0.05) is 71.0 Å². The summed E-state index contributed by atoms with van der Waals surface area (Å²) in [7, 11) is 1.35. The first-order valence-electron chi connectivity index (χ1n) is 24.3. The molecule has 0 radical (unpaired) electrons. The fourth-order valence-electron chi connectivity index (χ4n) is 8.47. The second kappa shape index (κ2) is 26.5. The smallest absolute Gasteiger partial charge is 0.329 e. The number of nitrogens with one attached hydrogen (secondary N) is 6. The van der Waals surface area contributed by atoms with Gasteiger partial charge in [-0.2, -0.15) is 0 Å². The second-order valence-corrected chi connectivity index (χ2v) is 20.2. The van der Waals surface area contributed by atoms with E-state index in [0.717, 1.165) is 9.80 Å². The standard InChI is InChI=1S/C50H71BrN8O13/c1-10-14-38(62)52-27(6)43(64)56-41(28(7)60)46(67)57-42-29(8)72-50(71)40(26(4)5)55-45(66)35(24-31-17-19-37(61)32(51)22-31)58(9)49(70)36(23-30-15-12-11-13-16-30)59-39(63)20-18-33(48(59)69)53-44(65)34(21-25(2)3)54-47(42)68/h11-13,15-17,19,22,25-29,33-36,39-42,60-61,63H,10,14,18,20-21,23-24H2,1-9H3,(H,52,62)(H,53,65)(H,54,68)(H,55,66)(H,56,64)(H,57,67)/t27-,28-,29+,33?,34-,35?,36-,39+,40-,41-,42-/m0/s1. The van der Waals surface area contributed by atoms with E-state index in [1.165, 1.54) is 40.0 Å². The number of hydrogen-bond acceptors (Lipinski definition) is 13. The molecule has 72 heavy (non-hydrogen) atoms. The van der Waals surface area contributed by atoms with Crippen molar-refractivity contribution < 1.29 is 63.2 Å². The number of esters is 1. The molecular formula is C50H71BrN8O13. The molecule has 2 bridgehead atoms. The van der Waals surface area contributed by atoms with Crippen LogP contribution in [0.25, 0.3) is 0 Å². The number of piperidine rings is 1. The highest BCUT2D eigenvalue weighted by Gasteiger charge is 2.46. The number of fused-ring (bicyclic) bond motifs is 2. The van der Waals surface area contributed by atoms with Gasteiger partial charge in [-0.05, 0) is 97.5 Å². The lowest BCUT2D eigenvalue weighted by molar-refractivity contribution is -0.165. The molecule has 9 N–H and O–H groups in total. The Morgan fingerprint density at radius 1 is 0.819 bits per heavy atom. The van der Waals surface area contributed by atoms with Crippen LogP contribution in [0, 0.1) is 11.8 Å². The van der Waals surface area contributed by atoms with Crippen molar-refractivity contribution in [3.8, 4) is 5.75 Å². The van der Waals surface area contributed by atoms with Gasteiger partial charge in [0.2, 0.25) is 47.3 Å². The topological polar surface area (TPSA) is 302 Å². The van der Waals surface area contributed by atoms with Gasteiger partial charge < -0.3 is 61.8 Å². The van der Waals surface area contributed by atoms with Crippen molar-refractivity contribution in [3.05, 3.63) is 64.1 Å². The number of halogens is 1. The lowest BCUT2D eigenvalue weighted by Crippen LogP contribution is -2.65. The maximum atomic E-state index is 15.1. The predicted molar refractivity (Wildman–Crippen MR) is 266 cm³/mol. The molecule has 11 atom stereocenters. The Balaban J connectivity index is 1.86. The van der Waals surface area contributed by atoms with Gasteiger partial charge >= 0.3 is 5.97 Å². The number of phenolic OH excluding ortho intramolecular Hbond substituents is 1. The van der Waals surface area contributed by atoms with E-state index in [9.17, 15) is 53.7 Å². The second-order valence-electron chi connectivity index (χ2n) is 19.3. The fourth-order valence-corrected chi connectivity index (χ4v) is 8.90. The van der Waals surface area contributed by atoms with Gasteiger partial charge in [-0.25, -0.2) is 4.79 Å². The number of phenols is 1. The number of amides is 8. The maximum absolute atomic E-state index is 15.1. The van der Waals surface area contributed by atoms with Gasteiger partial charge in [-0.15, -0.1) is 0 Å². The first-order valence-corrected chi connectivity index (χ1v) is 25.1. The summed E-state index contributed by atoms with van der Waals surface area (Å²) in [6, 6.07) is 1.44. The summed E-state index contributed by atoms with van der Waals surface area (Å²) in [6.45, 7) is 12.4. The fraction of sp³-hybridized carbons (Fsp3) is 0.580. The molecule has 2 heterocycles. The maximum Gasteiger partial charge on any atom is 0.329 e. The third-order valence-electron chi connectivity index (χ3n) is 12.6. The van der Waals surface area contributed by atoms with E-state index in [4.69, 9.17) is 4.74 Å². The number of carbonyl (C=O) groups excluding carboxylic acids is 9. The van der Waals surface area contributed by atoms with Crippen molar-refractivity contribution >= 4 is 69.2 Å². The highest BCUT2D eigenvalue weighted by Crippen LogP contribution is 2.28. The molecule has 2 saturated heterocycles. The molecule has 0 spiro atoms. The molecular weight excluding hydrogens is 1000 g/mol. The zero-order valence-electron chi connectivity index (χ0n) is 42.3. The molecule has 0 saturated carbocycles. The number of ether oxygens (including phenoxy) is 1. The van der Waals surface area contributed by atoms with Crippen LogP contribution in [-0.2, 0) is 60.7 Å². The van der Waals surface area contributed by atoms with E-state index in [-0.39, 0.29) is 54.7 Å². The third-order valence-corrected chi connectivity index (χ3v) is 13.2. The van der Waals surface area contributed by atoms with E-state index in [0.29, 0.717) is 17.5 Å². The Hall–Kier alpha value is -6.13. The van der Waals surface area contributed by atoms with Crippen LogP contribution in [0.4, 0.5) is 0 Å². The first kappa shape index (κ1) is 58.4. The first-order chi connectivity index (χ1) is 33.8. The molecule has 2 aliphatic rings. The van der Waals surface area contributed by atoms with Crippen molar-refractivity contribution in [2.75, 3.05) is 7.05 Å². The minimum absolute atomic E-state index is 0.00594. The average molecular weight is 1070 g/mol. The molecule has 2 fully saturated rings. The molecule has 8 amide bonds. The highest BCUT2D eigenvalue weighted by molar-refractivity contribution is 9.10. The normalized spacial score (nSPS) is 25.1. The molecule has 0 aliphatic carbocycles. The Morgan fingerprint density at radius 2 is 1.47 bits per heavy atom. The lowest BCUT2D eigenvalue weighted by atomic mass is 9.95. The zero-order chi connectivity index (χ0) is 53.7.